The number of likely N-dealkylation sites (N-methyl/N-ethyl adjacent to an activating group) is 1. The van der Waals surface area contributed by atoms with Crippen LogP contribution in [0.25, 0.3) is 11.3 Å². The monoisotopic (exact) mass is 436 g/mol. The van der Waals surface area contributed by atoms with Crippen LogP contribution in [-0.2, 0) is 4.79 Å². The largest absolute Gasteiger partial charge is 0.497 e. The van der Waals surface area contributed by atoms with Crippen LogP contribution in [0.1, 0.15) is 19.4 Å². The first-order valence-electron chi connectivity index (χ1n) is 9.87. The Balaban J connectivity index is 1.99. The third-order valence-corrected chi connectivity index (χ3v) is 5.79. The molecule has 1 aliphatic rings. The summed E-state index contributed by atoms with van der Waals surface area (Å²) < 4.78 is 12.7. The molecule has 31 heavy (non-hydrogen) atoms. The molecule has 160 valence electrons. The number of hydrogen-bond acceptors (Lipinski definition) is 6. The number of carbonyl (C=O) groups excluding carboxylic acids is 1. The van der Waals surface area contributed by atoms with Crippen molar-refractivity contribution in [3.05, 3.63) is 58.2 Å². The molecular weight excluding hydrogens is 412 g/mol. The summed E-state index contributed by atoms with van der Waals surface area (Å²) >= 11 is 1.47. The maximum atomic E-state index is 13.0. The van der Waals surface area contributed by atoms with Crippen molar-refractivity contribution in [3.8, 4) is 22.8 Å². The van der Waals surface area contributed by atoms with Crippen LogP contribution in [0, 0.1) is 0 Å². The molecule has 1 aliphatic heterocycles. The topological polar surface area (TPSA) is 68.4 Å². The highest BCUT2D eigenvalue weighted by Gasteiger charge is 2.31. The number of nitrogens with zero attached hydrogens (tertiary/aromatic N) is 4. The highest BCUT2D eigenvalue weighted by atomic mass is 32.1. The lowest BCUT2D eigenvalue weighted by atomic mass is 10.1. The van der Waals surface area contributed by atoms with Gasteiger partial charge in [0, 0.05) is 29.6 Å². The molecule has 8 heteroatoms. The summed E-state index contributed by atoms with van der Waals surface area (Å²) in [5.41, 5.74) is 3.59. The van der Waals surface area contributed by atoms with Crippen molar-refractivity contribution in [1.29, 1.82) is 0 Å². The highest BCUT2D eigenvalue weighted by Crippen LogP contribution is 2.34. The van der Waals surface area contributed by atoms with E-state index in [-0.39, 0.29) is 11.9 Å². The summed E-state index contributed by atoms with van der Waals surface area (Å²) in [6.45, 7) is 4.01. The molecule has 4 rings (SSSR count). The standard InChI is InChI=1S/C23H24N4O3S/c1-14(2)24-23-27(25-21-16-8-6-7-9-18(16)26(3)22(21)28)19(13-31-23)17-12-15(29-4)10-11-20(17)30-5/h6-14H,1-5H3. The van der Waals surface area contributed by atoms with E-state index in [1.165, 1.54) is 11.3 Å². The number of thiazole rings is 1. The number of para-hydroxylation sites is 1. The lowest BCUT2D eigenvalue weighted by Crippen LogP contribution is -2.27. The number of methoxy groups -OCH3 is 2. The Morgan fingerprint density at radius 2 is 1.81 bits per heavy atom. The van der Waals surface area contributed by atoms with Gasteiger partial charge in [-0.3, -0.25) is 9.79 Å². The molecule has 0 bridgehead atoms. The summed E-state index contributed by atoms with van der Waals surface area (Å²) in [5.74, 6) is 1.23. The molecule has 1 aromatic heterocycles. The van der Waals surface area contributed by atoms with Crippen LogP contribution in [-0.4, -0.2) is 43.6 Å². The Morgan fingerprint density at radius 3 is 2.52 bits per heavy atom. The van der Waals surface area contributed by atoms with Gasteiger partial charge in [-0.25, -0.2) is 4.68 Å². The molecule has 7 nitrogen and oxygen atoms in total. The van der Waals surface area contributed by atoms with Crippen LogP contribution < -0.4 is 19.2 Å². The minimum Gasteiger partial charge on any atom is -0.497 e. The molecule has 3 aromatic rings. The van der Waals surface area contributed by atoms with Gasteiger partial charge in [-0.1, -0.05) is 18.2 Å². The van der Waals surface area contributed by atoms with E-state index >= 15 is 0 Å². The zero-order valence-electron chi connectivity index (χ0n) is 18.1. The van der Waals surface area contributed by atoms with Crippen LogP contribution in [0.5, 0.6) is 11.5 Å². The Morgan fingerprint density at radius 1 is 1.03 bits per heavy atom. The number of anilines is 1. The van der Waals surface area contributed by atoms with Gasteiger partial charge in [0.05, 0.1) is 25.6 Å². The van der Waals surface area contributed by atoms with E-state index in [1.54, 1.807) is 30.8 Å². The number of benzene rings is 2. The zero-order chi connectivity index (χ0) is 22.1. The predicted octanol–water partition coefficient (Wildman–Crippen LogP) is 3.77. The van der Waals surface area contributed by atoms with Crippen LogP contribution in [0.15, 0.2) is 57.9 Å². The number of hydrogen-bond donors (Lipinski definition) is 0. The van der Waals surface area contributed by atoms with Crippen molar-refractivity contribution in [2.45, 2.75) is 19.9 Å². The lowest BCUT2D eigenvalue weighted by Gasteiger charge is -2.11. The molecule has 0 saturated carbocycles. The molecule has 0 saturated heterocycles. The van der Waals surface area contributed by atoms with Gasteiger partial charge in [0.15, 0.2) is 5.71 Å². The lowest BCUT2D eigenvalue weighted by molar-refractivity contribution is -0.112. The first kappa shape index (κ1) is 20.9. The van der Waals surface area contributed by atoms with Gasteiger partial charge in [-0.15, -0.1) is 11.3 Å². The molecule has 2 heterocycles. The van der Waals surface area contributed by atoms with Gasteiger partial charge in [0.1, 0.15) is 11.5 Å². The maximum Gasteiger partial charge on any atom is 0.279 e. The van der Waals surface area contributed by atoms with Crippen molar-refractivity contribution in [3.63, 3.8) is 0 Å². The maximum absolute atomic E-state index is 13.0. The van der Waals surface area contributed by atoms with Crippen LogP contribution >= 0.6 is 11.3 Å². The van der Waals surface area contributed by atoms with Gasteiger partial charge < -0.3 is 14.4 Å². The van der Waals surface area contributed by atoms with Gasteiger partial charge in [0.25, 0.3) is 5.91 Å². The number of ether oxygens (including phenoxy) is 2. The minimum atomic E-state index is -0.154. The number of amides is 1. The quantitative estimate of drug-likeness (QED) is 0.611. The number of rotatable bonds is 5. The van der Waals surface area contributed by atoms with Gasteiger partial charge in [-0.2, -0.15) is 5.10 Å². The summed E-state index contributed by atoms with van der Waals surface area (Å²) in [6.07, 6.45) is 0. The fourth-order valence-corrected chi connectivity index (χ4v) is 4.41. The molecule has 0 N–H and O–H groups in total. The van der Waals surface area contributed by atoms with E-state index in [9.17, 15) is 4.79 Å². The van der Waals surface area contributed by atoms with Crippen molar-refractivity contribution in [2.75, 3.05) is 26.2 Å². The fraction of sp³-hybridized carbons (Fsp3) is 0.261. The molecule has 0 atom stereocenters. The van der Waals surface area contributed by atoms with Crippen LogP contribution in [0.3, 0.4) is 0 Å². The van der Waals surface area contributed by atoms with Crippen LogP contribution in [0.2, 0.25) is 0 Å². The molecule has 0 unspecified atom stereocenters. The molecular formula is C23H24N4O3S. The summed E-state index contributed by atoms with van der Waals surface area (Å²) in [6, 6.07) is 13.3. The number of aromatic nitrogens is 1. The van der Waals surface area contributed by atoms with Crippen molar-refractivity contribution >= 4 is 28.6 Å². The minimum absolute atomic E-state index is 0.0689. The second kappa shape index (κ2) is 8.39. The number of carbonyl (C=O) groups is 1. The van der Waals surface area contributed by atoms with E-state index in [2.05, 4.69) is 0 Å². The molecule has 0 aliphatic carbocycles. The van der Waals surface area contributed by atoms with Crippen LogP contribution in [0.4, 0.5) is 5.69 Å². The Kier molecular flexibility index (Phi) is 5.65. The van der Waals surface area contributed by atoms with Crippen molar-refractivity contribution in [2.24, 2.45) is 10.1 Å². The molecule has 2 aromatic carbocycles. The Bertz CT molecular complexity index is 1240. The second-order valence-corrected chi connectivity index (χ2v) is 8.17. The van der Waals surface area contributed by atoms with E-state index in [0.29, 0.717) is 22.0 Å². The van der Waals surface area contributed by atoms with E-state index < -0.39 is 0 Å². The molecule has 0 fully saturated rings. The summed E-state index contributed by atoms with van der Waals surface area (Å²) in [7, 11) is 5.00. The fourth-order valence-electron chi connectivity index (χ4n) is 3.45. The van der Waals surface area contributed by atoms with Gasteiger partial charge >= 0.3 is 0 Å². The van der Waals surface area contributed by atoms with Gasteiger partial charge in [0.2, 0.25) is 4.80 Å². The van der Waals surface area contributed by atoms with E-state index in [0.717, 1.165) is 22.5 Å². The van der Waals surface area contributed by atoms with E-state index in [1.807, 2.05) is 61.7 Å². The first-order chi connectivity index (χ1) is 14.9. The SMILES string of the molecule is COc1ccc(OC)c(-c2csc(=NC(C)C)n2N=C2C(=O)N(C)c3ccccc32)c1. The average Bonchev–Trinajstić information content (AvgIpc) is 3.27. The Hall–Kier alpha value is -3.39. The molecule has 0 radical (unpaired) electrons. The molecule has 0 spiro atoms. The summed E-state index contributed by atoms with van der Waals surface area (Å²) in [4.78, 5) is 20.0. The van der Waals surface area contributed by atoms with Crippen molar-refractivity contribution in [1.82, 2.24) is 4.68 Å². The third kappa shape index (κ3) is 3.74. The predicted molar refractivity (Wildman–Crippen MR) is 123 cm³/mol. The first-order valence-corrected chi connectivity index (χ1v) is 10.8. The third-order valence-electron chi connectivity index (χ3n) is 4.96. The van der Waals surface area contributed by atoms with E-state index in [4.69, 9.17) is 19.6 Å². The summed E-state index contributed by atoms with van der Waals surface area (Å²) in [5, 5.41) is 6.78. The second-order valence-electron chi connectivity index (χ2n) is 7.33. The zero-order valence-corrected chi connectivity index (χ0v) is 18.9. The van der Waals surface area contributed by atoms with Crippen molar-refractivity contribution < 1.29 is 14.3 Å². The normalized spacial score (nSPS) is 15.2. The van der Waals surface area contributed by atoms with Gasteiger partial charge in [-0.05, 0) is 38.1 Å². The number of fused-ring (bicyclic) bond motifs is 1. The molecule has 1 amide bonds. The smallest absolute Gasteiger partial charge is 0.279 e. The Labute approximate surface area is 184 Å². The highest BCUT2D eigenvalue weighted by molar-refractivity contribution is 7.07. The average molecular weight is 437 g/mol.